The van der Waals surface area contributed by atoms with Crippen LogP contribution in [0.5, 0.6) is 0 Å². The van der Waals surface area contributed by atoms with Crippen molar-refractivity contribution in [3.8, 4) is 0 Å². The molecule has 0 aliphatic heterocycles. The normalized spacial score (nSPS) is 18.2. The molecule has 1 atom stereocenters. The molecule has 0 N–H and O–H groups in total. The lowest BCUT2D eigenvalue weighted by molar-refractivity contribution is -0.120. The van der Waals surface area contributed by atoms with Crippen LogP contribution in [-0.4, -0.2) is 15.7 Å². The van der Waals surface area contributed by atoms with E-state index in [2.05, 4.69) is 15.9 Å². The van der Waals surface area contributed by atoms with Gasteiger partial charge in [-0.1, -0.05) is 28.8 Å². The Morgan fingerprint density at radius 1 is 1.24 bits per heavy atom. The van der Waals surface area contributed by atoms with Gasteiger partial charge < -0.3 is 0 Å². The molecule has 0 heterocycles. The van der Waals surface area contributed by atoms with E-state index in [0.717, 1.165) is 35.1 Å². The Morgan fingerprint density at radius 3 is 2.41 bits per heavy atom. The number of rotatable bonds is 4. The molecule has 1 unspecified atom stereocenters. The van der Waals surface area contributed by atoms with Crippen molar-refractivity contribution >= 4 is 32.5 Å². The van der Waals surface area contributed by atoms with Gasteiger partial charge in [0, 0.05) is 15.3 Å². The number of benzene rings is 1. The van der Waals surface area contributed by atoms with Crippen molar-refractivity contribution < 1.29 is 9.00 Å². The van der Waals surface area contributed by atoms with Crippen molar-refractivity contribution in [3.05, 3.63) is 28.7 Å². The zero-order valence-electron chi connectivity index (χ0n) is 9.52. The fourth-order valence-corrected chi connectivity index (χ4v) is 3.53. The van der Waals surface area contributed by atoms with E-state index < -0.39 is 10.8 Å². The molecule has 1 fully saturated rings. The lowest BCUT2D eigenvalue weighted by Crippen LogP contribution is -2.18. The average Bonchev–Trinajstić information content (AvgIpc) is 2.83. The van der Waals surface area contributed by atoms with E-state index in [9.17, 15) is 9.00 Å². The summed E-state index contributed by atoms with van der Waals surface area (Å²) >= 11 is 3.33. The van der Waals surface area contributed by atoms with E-state index in [1.807, 2.05) is 24.3 Å². The van der Waals surface area contributed by atoms with E-state index in [1.165, 1.54) is 0 Å². The summed E-state index contributed by atoms with van der Waals surface area (Å²) in [6.45, 7) is 0. The number of hydrogen-bond acceptors (Lipinski definition) is 2. The van der Waals surface area contributed by atoms with Gasteiger partial charge in [0.05, 0.1) is 16.6 Å². The summed E-state index contributed by atoms with van der Waals surface area (Å²) in [5, 5.41) is 0. The second-order valence-corrected chi connectivity index (χ2v) is 6.76. The van der Waals surface area contributed by atoms with Crippen LogP contribution in [-0.2, 0) is 15.6 Å². The fraction of sp³-hybridized carbons (Fsp3) is 0.462. The van der Waals surface area contributed by atoms with Crippen LogP contribution in [0.15, 0.2) is 33.6 Å². The Morgan fingerprint density at radius 2 is 1.82 bits per heavy atom. The Balaban J connectivity index is 1.96. The SMILES string of the molecule is O=C(CS(=O)c1ccc(Br)cc1)C1CCCC1. The van der Waals surface area contributed by atoms with E-state index >= 15 is 0 Å². The molecule has 0 radical (unpaired) electrons. The van der Waals surface area contributed by atoms with Crippen molar-refractivity contribution in [2.24, 2.45) is 5.92 Å². The quantitative estimate of drug-likeness (QED) is 0.854. The van der Waals surface area contributed by atoms with E-state index in [4.69, 9.17) is 0 Å². The van der Waals surface area contributed by atoms with Gasteiger partial charge in [-0.25, -0.2) is 0 Å². The van der Waals surface area contributed by atoms with Gasteiger partial charge in [-0.2, -0.15) is 0 Å². The minimum atomic E-state index is -1.19. The maximum absolute atomic E-state index is 12.0. The molecule has 1 saturated carbocycles. The summed E-state index contributed by atoms with van der Waals surface area (Å²) in [6, 6.07) is 7.32. The number of Topliss-reactive ketones (excluding diaryl/α,β-unsaturated/α-hetero) is 1. The van der Waals surface area contributed by atoms with Gasteiger partial charge in [-0.3, -0.25) is 9.00 Å². The molecule has 0 spiro atoms. The lowest BCUT2D eigenvalue weighted by Gasteiger charge is -2.07. The van der Waals surface area contributed by atoms with Gasteiger partial charge in [0.25, 0.3) is 0 Å². The fourth-order valence-electron chi connectivity index (χ4n) is 2.16. The zero-order valence-corrected chi connectivity index (χ0v) is 11.9. The smallest absolute Gasteiger partial charge is 0.148 e. The average molecular weight is 315 g/mol. The monoisotopic (exact) mass is 314 g/mol. The highest BCUT2D eigenvalue weighted by molar-refractivity contribution is 9.10. The minimum absolute atomic E-state index is 0.161. The first-order valence-electron chi connectivity index (χ1n) is 5.83. The van der Waals surface area contributed by atoms with E-state index in [-0.39, 0.29) is 17.5 Å². The second-order valence-electron chi connectivity index (χ2n) is 4.39. The molecule has 2 nitrogen and oxygen atoms in total. The van der Waals surface area contributed by atoms with Gasteiger partial charge in [-0.15, -0.1) is 0 Å². The molecule has 4 heteroatoms. The Hall–Kier alpha value is -0.480. The zero-order chi connectivity index (χ0) is 12.3. The van der Waals surface area contributed by atoms with Crippen molar-refractivity contribution in [2.45, 2.75) is 30.6 Å². The molecule has 17 heavy (non-hydrogen) atoms. The van der Waals surface area contributed by atoms with Crippen LogP contribution in [0.3, 0.4) is 0 Å². The molecule has 1 aromatic rings. The second kappa shape index (κ2) is 5.91. The summed E-state index contributed by atoms with van der Waals surface area (Å²) in [5.74, 6) is 0.505. The highest BCUT2D eigenvalue weighted by Gasteiger charge is 2.24. The minimum Gasteiger partial charge on any atom is -0.298 e. The summed E-state index contributed by atoms with van der Waals surface area (Å²) in [4.78, 5) is 12.6. The van der Waals surface area contributed by atoms with Crippen LogP contribution in [0.2, 0.25) is 0 Å². The van der Waals surface area contributed by atoms with E-state index in [0.29, 0.717) is 0 Å². The van der Waals surface area contributed by atoms with Crippen molar-refractivity contribution in [3.63, 3.8) is 0 Å². The Labute approximate surface area is 112 Å². The first-order valence-corrected chi connectivity index (χ1v) is 7.94. The van der Waals surface area contributed by atoms with E-state index in [1.54, 1.807) is 0 Å². The topological polar surface area (TPSA) is 34.1 Å². The summed E-state index contributed by atoms with van der Waals surface area (Å²) < 4.78 is 13.0. The molecule has 0 saturated heterocycles. The molecule has 0 amide bonds. The third kappa shape index (κ3) is 3.49. The standard InChI is InChI=1S/C13H15BrO2S/c14-11-5-7-12(8-6-11)17(16)9-13(15)10-3-1-2-4-10/h5-8,10H,1-4,9H2. The molecular formula is C13H15BrO2S. The van der Waals surface area contributed by atoms with Crippen LogP contribution >= 0.6 is 15.9 Å². The van der Waals surface area contributed by atoms with Crippen LogP contribution in [0.25, 0.3) is 0 Å². The number of carbonyl (C=O) groups excluding carboxylic acids is 1. The maximum atomic E-state index is 12.0. The molecule has 0 bridgehead atoms. The van der Waals surface area contributed by atoms with Gasteiger partial charge in [0.1, 0.15) is 5.78 Å². The highest BCUT2D eigenvalue weighted by Crippen LogP contribution is 2.26. The molecule has 1 aliphatic rings. The molecular weight excluding hydrogens is 300 g/mol. The van der Waals surface area contributed by atoms with Crippen molar-refractivity contribution in [1.82, 2.24) is 0 Å². The number of hydrogen-bond donors (Lipinski definition) is 0. The third-order valence-corrected chi connectivity index (χ3v) is 5.03. The number of carbonyl (C=O) groups is 1. The van der Waals surface area contributed by atoms with Gasteiger partial charge >= 0.3 is 0 Å². The predicted molar refractivity (Wildman–Crippen MR) is 72.4 cm³/mol. The van der Waals surface area contributed by atoms with Crippen LogP contribution in [0, 0.1) is 5.92 Å². The molecule has 92 valence electrons. The molecule has 1 aromatic carbocycles. The summed E-state index contributed by atoms with van der Waals surface area (Å²) in [5.41, 5.74) is 0. The summed E-state index contributed by atoms with van der Waals surface area (Å²) in [7, 11) is -1.19. The van der Waals surface area contributed by atoms with Crippen LogP contribution in [0.4, 0.5) is 0 Å². The van der Waals surface area contributed by atoms with Crippen molar-refractivity contribution in [1.29, 1.82) is 0 Å². The van der Waals surface area contributed by atoms with Gasteiger partial charge in [0.2, 0.25) is 0 Å². The molecule has 2 rings (SSSR count). The van der Waals surface area contributed by atoms with Crippen LogP contribution in [0.1, 0.15) is 25.7 Å². The highest BCUT2D eigenvalue weighted by atomic mass is 79.9. The van der Waals surface area contributed by atoms with Crippen molar-refractivity contribution in [2.75, 3.05) is 5.75 Å². The van der Waals surface area contributed by atoms with Gasteiger partial charge in [0.15, 0.2) is 0 Å². The number of halogens is 1. The first kappa shape index (κ1) is 13.0. The largest absolute Gasteiger partial charge is 0.298 e. The van der Waals surface area contributed by atoms with Crippen LogP contribution < -0.4 is 0 Å². The number of ketones is 1. The maximum Gasteiger partial charge on any atom is 0.148 e. The Bertz CT molecular complexity index is 422. The Kier molecular flexibility index (Phi) is 4.51. The summed E-state index contributed by atoms with van der Waals surface area (Å²) in [6.07, 6.45) is 4.25. The third-order valence-electron chi connectivity index (χ3n) is 3.16. The molecule has 0 aromatic heterocycles. The molecule has 1 aliphatic carbocycles. The first-order chi connectivity index (χ1) is 8.16. The lowest BCUT2D eigenvalue weighted by atomic mass is 10.0. The van der Waals surface area contributed by atoms with Gasteiger partial charge in [-0.05, 0) is 37.1 Å². The predicted octanol–water partition coefficient (Wildman–Crippen LogP) is 3.32.